The van der Waals surface area contributed by atoms with E-state index in [1.165, 1.54) is 0 Å². The number of halogens is 2. The number of carbonyl (C=O) groups excluding carboxylic acids is 2. The predicted molar refractivity (Wildman–Crippen MR) is 161 cm³/mol. The van der Waals surface area contributed by atoms with Crippen molar-refractivity contribution in [1.29, 1.82) is 0 Å². The molecule has 2 aliphatic carbocycles. The second-order valence-electron chi connectivity index (χ2n) is 10.1. The minimum atomic E-state index is -0.334. The Morgan fingerprint density at radius 3 is 2.32 bits per heavy atom. The van der Waals surface area contributed by atoms with Crippen LogP contribution in [0.15, 0.2) is 21.6 Å². The first-order valence-electron chi connectivity index (χ1n) is 13.9. The normalized spacial score (nSPS) is 23.8. The number of anilines is 4. The summed E-state index contributed by atoms with van der Waals surface area (Å²) in [5, 5.41) is 28.4. The molecule has 15 heteroatoms. The quantitative estimate of drug-likeness (QED) is 0.211. The molecule has 5 rings (SSSR count). The Kier molecular flexibility index (Phi) is 11.5. The van der Waals surface area contributed by atoms with Gasteiger partial charge in [-0.3, -0.25) is 14.5 Å². The van der Waals surface area contributed by atoms with Crippen LogP contribution in [0.1, 0.15) is 58.3 Å². The molecule has 1 aliphatic heterocycles. The van der Waals surface area contributed by atoms with Crippen LogP contribution in [0, 0.1) is 0 Å². The SMILES string of the molecule is CCO[13C](=O)CNc1ncc(Br)nc1NC1CCC(O)CC1.O=[13C]1[13CH2]Nc2ncc(Br)nc2N1C1CCC(O)CC1. The molecule has 2 aromatic rings. The lowest BCUT2D eigenvalue weighted by Gasteiger charge is -2.37. The fourth-order valence-electron chi connectivity index (χ4n) is 5.09. The van der Waals surface area contributed by atoms with Gasteiger partial charge in [-0.2, -0.15) is 0 Å². The first-order chi connectivity index (χ1) is 19.7. The summed E-state index contributed by atoms with van der Waals surface area (Å²) >= 11 is 6.59. The summed E-state index contributed by atoms with van der Waals surface area (Å²) < 4.78 is 6.11. The number of nitrogens with zero attached hydrogens (tertiary/aromatic N) is 5. The van der Waals surface area contributed by atoms with Crippen LogP contribution in [-0.2, 0) is 14.3 Å². The molecule has 2 saturated carbocycles. The molecule has 0 radical (unpaired) electrons. The Labute approximate surface area is 255 Å². The molecule has 3 heterocycles. The molecular weight excluding hydrogens is 667 g/mol. The average Bonchev–Trinajstić information content (AvgIpc) is 2.95. The smallest absolute Gasteiger partial charge is 0.325 e. The molecule has 0 bridgehead atoms. The highest BCUT2D eigenvalue weighted by Crippen LogP contribution is 2.33. The van der Waals surface area contributed by atoms with Crippen LogP contribution in [0.25, 0.3) is 0 Å². The van der Waals surface area contributed by atoms with Gasteiger partial charge in [0, 0.05) is 12.1 Å². The van der Waals surface area contributed by atoms with E-state index in [1.807, 2.05) is 0 Å². The zero-order valence-corrected chi connectivity index (χ0v) is 26.0. The van der Waals surface area contributed by atoms with Gasteiger partial charge in [0.25, 0.3) is 0 Å². The van der Waals surface area contributed by atoms with Crippen molar-refractivity contribution in [2.75, 3.05) is 40.5 Å². The van der Waals surface area contributed by atoms with Crippen LogP contribution in [0.3, 0.4) is 0 Å². The van der Waals surface area contributed by atoms with E-state index < -0.39 is 0 Å². The first kappa shape index (κ1) is 31.3. The second-order valence-corrected chi connectivity index (χ2v) is 11.8. The number of nitrogens with one attached hydrogen (secondary N) is 3. The Bertz CT molecular complexity index is 1190. The molecule has 0 saturated heterocycles. The predicted octanol–water partition coefficient (Wildman–Crippen LogP) is 3.23. The van der Waals surface area contributed by atoms with Gasteiger partial charge in [0.1, 0.15) is 15.8 Å². The van der Waals surface area contributed by atoms with E-state index >= 15 is 0 Å². The van der Waals surface area contributed by atoms with Crippen molar-refractivity contribution in [3.8, 4) is 0 Å². The third-order valence-electron chi connectivity index (χ3n) is 7.15. The van der Waals surface area contributed by atoms with Crippen molar-refractivity contribution in [2.45, 2.75) is 82.6 Å². The van der Waals surface area contributed by atoms with Crippen LogP contribution in [-0.4, -0.2) is 86.0 Å². The highest BCUT2D eigenvalue weighted by atomic mass is 79.9. The van der Waals surface area contributed by atoms with Gasteiger partial charge in [0.15, 0.2) is 23.3 Å². The van der Waals surface area contributed by atoms with Gasteiger partial charge in [-0.05, 0) is 90.2 Å². The molecule has 0 atom stereocenters. The van der Waals surface area contributed by atoms with Gasteiger partial charge in [0.2, 0.25) is 5.91 Å². The second kappa shape index (κ2) is 15.0. The Hall–Kier alpha value is -2.62. The Morgan fingerprint density at radius 1 is 1.00 bits per heavy atom. The number of esters is 1. The number of aliphatic hydroxyl groups excluding tert-OH is 2. The molecule has 13 nitrogen and oxygen atoms in total. The van der Waals surface area contributed by atoms with Crippen molar-refractivity contribution < 1.29 is 24.5 Å². The van der Waals surface area contributed by atoms with Crippen molar-refractivity contribution in [1.82, 2.24) is 19.9 Å². The number of hydrogen-bond acceptors (Lipinski definition) is 12. The summed E-state index contributed by atoms with van der Waals surface area (Å²) in [4.78, 5) is 42.6. The number of hydrogen-bond donors (Lipinski definition) is 5. The molecule has 0 aromatic carbocycles. The van der Waals surface area contributed by atoms with E-state index in [0.29, 0.717) is 39.1 Å². The zero-order chi connectivity index (χ0) is 29.4. The lowest BCUT2D eigenvalue weighted by atomic mass is 9.92. The van der Waals surface area contributed by atoms with Gasteiger partial charge >= 0.3 is 5.97 Å². The van der Waals surface area contributed by atoms with Crippen molar-refractivity contribution in [3.05, 3.63) is 21.6 Å². The molecule has 5 N–H and O–H groups in total. The molecule has 0 unspecified atom stereocenters. The van der Waals surface area contributed by atoms with Crippen molar-refractivity contribution >= 4 is 67.0 Å². The van der Waals surface area contributed by atoms with Gasteiger partial charge in [-0.25, -0.2) is 19.9 Å². The summed E-state index contributed by atoms with van der Waals surface area (Å²) in [7, 11) is 0. The highest BCUT2D eigenvalue weighted by Gasteiger charge is 2.34. The maximum Gasteiger partial charge on any atom is 0.325 e. The third-order valence-corrected chi connectivity index (χ3v) is 7.91. The summed E-state index contributed by atoms with van der Waals surface area (Å²) in [5.74, 6) is 2.03. The highest BCUT2D eigenvalue weighted by molar-refractivity contribution is 9.10. The summed E-state index contributed by atoms with van der Waals surface area (Å²) in [5.41, 5.74) is 0. The number of fused-ring (bicyclic) bond motifs is 1. The lowest BCUT2D eigenvalue weighted by molar-refractivity contribution is -0.140. The minimum absolute atomic E-state index is 0.0151. The van der Waals surface area contributed by atoms with Crippen LogP contribution < -0.4 is 20.9 Å². The van der Waals surface area contributed by atoms with Crippen LogP contribution >= 0.6 is 31.9 Å². The molecule has 2 fully saturated rings. The largest absolute Gasteiger partial charge is 0.465 e. The monoisotopic (exact) mass is 701 g/mol. The standard InChI is InChI=1S/C14H21BrN4O3.C12H15BrN4O2/c1-2-22-12(21)8-17-13-14(19-11(15)7-16-13)18-9-3-5-10(20)6-4-9;13-9-5-14-11-12(16-9)17(10(19)6-15-11)7-1-3-8(18)4-2-7/h7,9-10,20H,2-6,8H2,1H3,(H,16,17)(H,18,19);5,7-8,18H,1-4,6H2,(H,14,15)/i12+1;6+1,10+1. The van der Waals surface area contributed by atoms with E-state index in [9.17, 15) is 19.8 Å². The van der Waals surface area contributed by atoms with Crippen LogP contribution in [0.4, 0.5) is 23.3 Å². The van der Waals surface area contributed by atoms with Gasteiger partial charge in [-0.1, -0.05) is 0 Å². The van der Waals surface area contributed by atoms with Crippen LogP contribution in [0.5, 0.6) is 0 Å². The van der Waals surface area contributed by atoms with E-state index in [1.54, 1.807) is 24.2 Å². The van der Waals surface area contributed by atoms with Gasteiger partial charge in [-0.15, -0.1) is 0 Å². The molecule has 224 valence electrons. The lowest BCUT2D eigenvalue weighted by Crippen LogP contribution is -2.49. The van der Waals surface area contributed by atoms with Crippen LogP contribution in [0.2, 0.25) is 0 Å². The number of rotatable bonds is 7. The van der Waals surface area contributed by atoms with Crippen molar-refractivity contribution in [2.24, 2.45) is 0 Å². The maximum atomic E-state index is 12.2. The average molecular weight is 703 g/mol. The van der Waals surface area contributed by atoms with E-state index in [4.69, 9.17) is 4.74 Å². The third kappa shape index (κ3) is 8.93. The number of carbonyl (C=O) groups is 2. The summed E-state index contributed by atoms with van der Waals surface area (Å²) in [6.45, 7) is 2.41. The summed E-state index contributed by atoms with van der Waals surface area (Å²) in [6, 6.07) is 0.357. The number of amides is 1. The summed E-state index contributed by atoms with van der Waals surface area (Å²) in [6.07, 6.45) is 9.16. The maximum absolute atomic E-state index is 12.2. The number of aromatic nitrogens is 4. The fourth-order valence-corrected chi connectivity index (χ4v) is 5.64. The molecule has 41 heavy (non-hydrogen) atoms. The molecule has 3 aliphatic rings. The molecular formula is C26H36Br2N8O5. The van der Waals surface area contributed by atoms with Crippen molar-refractivity contribution in [3.63, 3.8) is 0 Å². The number of aliphatic hydroxyl groups is 2. The zero-order valence-electron chi connectivity index (χ0n) is 22.9. The molecule has 2 aromatic heterocycles. The van der Waals surface area contributed by atoms with E-state index in [0.717, 1.165) is 51.4 Å². The van der Waals surface area contributed by atoms with Gasteiger partial charge < -0.3 is 30.9 Å². The fraction of sp³-hybridized carbons (Fsp3) is 0.615. The number of ether oxygens (including phenoxy) is 1. The topological polar surface area (TPSA) is 175 Å². The van der Waals surface area contributed by atoms with E-state index in [2.05, 4.69) is 67.7 Å². The Balaban J connectivity index is 0.000000191. The van der Waals surface area contributed by atoms with E-state index in [-0.39, 0.29) is 49.3 Å². The molecule has 1 amide bonds. The first-order valence-corrected chi connectivity index (χ1v) is 15.4. The minimum Gasteiger partial charge on any atom is -0.465 e. The Morgan fingerprint density at radius 2 is 1.63 bits per heavy atom. The van der Waals surface area contributed by atoms with Gasteiger partial charge in [0.05, 0.1) is 37.8 Å². The molecule has 0 spiro atoms.